The van der Waals surface area contributed by atoms with Gasteiger partial charge in [0.25, 0.3) is 5.69 Å². The Hall–Kier alpha value is -2.97. The fraction of sp³-hybridized carbons (Fsp3) is 0.357. The summed E-state index contributed by atoms with van der Waals surface area (Å²) in [6, 6.07) is 2.61. The largest absolute Gasteiger partial charge is 0.464 e. The molecule has 23 heavy (non-hydrogen) atoms. The highest BCUT2D eigenvalue weighted by Crippen LogP contribution is 2.18. The molecular formula is C14H17N3O6. The van der Waals surface area contributed by atoms with Crippen molar-refractivity contribution < 1.29 is 24.0 Å². The average molecular weight is 323 g/mol. The van der Waals surface area contributed by atoms with Crippen LogP contribution in [0, 0.1) is 10.1 Å². The van der Waals surface area contributed by atoms with E-state index in [1.165, 1.54) is 18.3 Å². The molecule has 0 spiro atoms. The molecule has 0 aliphatic carbocycles. The Balaban J connectivity index is 3.15. The maximum atomic E-state index is 11.8. The highest BCUT2D eigenvalue weighted by Gasteiger charge is 2.22. The average Bonchev–Trinajstić information content (AvgIpc) is 2.44. The van der Waals surface area contributed by atoms with Crippen LogP contribution >= 0.6 is 0 Å². The molecule has 0 saturated carbocycles. The van der Waals surface area contributed by atoms with Crippen molar-refractivity contribution in [2.75, 3.05) is 7.11 Å². The molecular weight excluding hydrogens is 306 g/mol. The first-order chi connectivity index (χ1) is 10.6. The van der Waals surface area contributed by atoms with E-state index in [1.807, 2.05) is 0 Å². The quantitative estimate of drug-likeness (QED) is 0.389. The lowest BCUT2D eigenvalue weighted by Crippen LogP contribution is -2.34. The number of amides is 1. The Morgan fingerprint density at radius 1 is 1.39 bits per heavy atom. The van der Waals surface area contributed by atoms with Gasteiger partial charge in [-0.05, 0) is 26.8 Å². The summed E-state index contributed by atoms with van der Waals surface area (Å²) in [6.45, 7) is 4.95. The number of nitro groups is 1. The van der Waals surface area contributed by atoms with E-state index in [4.69, 9.17) is 4.74 Å². The summed E-state index contributed by atoms with van der Waals surface area (Å²) >= 11 is 0. The van der Waals surface area contributed by atoms with Crippen molar-refractivity contribution in [1.29, 1.82) is 0 Å². The lowest BCUT2D eigenvalue weighted by Gasteiger charge is -2.20. The van der Waals surface area contributed by atoms with E-state index in [9.17, 15) is 19.7 Å². The summed E-state index contributed by atoms with van der Waals surface area (Å²) < 4.78 is 9.57. The third-order valence-electron chi connectivity index (χ3n) is 2.33. The number of carbonyl (C=O) groups is 2. The number of nitrogens with zero attached hydrogens (tertiary/aromatic N) is 2. The number of alkyl carbamates (subject to hydrolysis) is 1. The van der Waals surface area contributed by atoms with E-state index in [-0.39, 0.29) is 17.1 Å². The zero-order valence-electron chi connectivity index (χ0n) is 13.2. The molecule has 0 saturated heterocycles. The van der Waals surface area contributed by atoms with Crippen molar-refractivity contribution in [3.8, 4) is 0 Å². The van der Waals surface area contributed by atoms with Gasteiger partial charge in [-0.1, -0.05) is 0 Å². The molecule has 124 valence electrons. The predicted octanol–water partition coefficient (Wildman–Crippen LogP) is 2.03. The minimum Gasteiger partial charge on any atom is -0.464 e. The van der Waals surface area contributed by atoms with Crippen molar-refractivity contribution in [3.63, 3.8) is 0 Å². The number of rotatable bonds is 4. The molecule has 0 aliphatic heterocycles. The van der Waals surface area contributed by atoms with Gasteiger partial charge < -0.3 is 9.47 Å². The first-order valence-corrected chi connectivity index (χ1v) is 6.53. The van der Waals surface area contributed by atoms with Crippen LogP contribution in [0.3, 0.4) is 0 Å². The molecule has 1 N–H and O–H groups in total. The van der Waals surface area contributed by atoms with E-state index in [2.05, 4.69) is 15.0 Å². The van der Waals surface area contributed by atoms with Gasteiger partial charge in [0, 0.05) is 18.3 Å². The van der Waals surface area contributed by atoms with Crippen LogP contribution in [0.2, 0.25) is 0 Å². The maximum Gasteiger partial charge on any atom is 0.412 e. The van der Waals surface area contributed by atoms with Gasteiger partial charge in [-0.3, -0.25) is 15.4 Å². The summed E-state index contributed by atoms with van der Waals surface area (Å²) in [6.07, 6.45) is 1.47. The Morgan fingerprint density at radius 2 is 2.04 bits per heavy atom. The minimum absolute atomic E-state index is 0.103. The number of methoxy groups -OCH3 is 1. The van der Waals surface area contributed by atoms with Crippen molar-refractivity contribution >= 4 is 23.8 Å². The molecule has 1 aromatic rings. The Kier molecular flexibility index (Phi) is 5.77. The second kappa shape index (κ2) is 7.34. The number of hydrogen-bond acceptors (Lipinski definition) is 7. The number of aromatic nitrogens is 1. The Morgan fingerprint density at radius 3 is 2.57 bits per heavy atom. The van der Waals surface area contributed by atoms with Gasteiger partial charge in [0.2, 0.25) is 0 Å². The number of hydrogen-bond donors (Lipinski definition) is 1. The number of esters is 1. The Labute approximate surface area is 132 Å². The standard InChI is InChI=1S/C14H17N3O6/c1-14(2,3)23-13(19)16-10(12(18)22-4)8-9-11(17(20)21)6-5-7-15-9/h5-8H,1-4H3,(H,16,19)/b10-8-. The third-order valence-corrected chi connectivity index (χ3v) is 2.33. The normalized spacial score (nSPS) is 11.6. The van der Waals surface area contributed by atoms with Crippen molar-refractivity contribution in [2.45, 2.75) is 26.4 Å². The summed E-state index contributed by atoms with van der Waals surface area (Å²) in [5, 5.41) is 13.2. The van der Waals surface area contributed by atoms with E-state index in [0.717, 1.165) is 13.2 Å². The lowest BCUT2D eigenvalue weighted by atomic mass is 10.2. The van der Waals surface area contributed by atoms with Gasteiger partial charge >= 0.3 is 12.1 Å². The van der Waals surface area contributed by atoms with Gasteiger partial charge in [-0.2, -0.15) is 0 Å². The predicted molar refractivity (Wildman–Crippen MR) is 80.3 cm³/mol. The second-order valence-corrected chi connectivity index (χ2v) is 5.34. The van der Waals surface area contributed by atoms with Crippen molar-refractivity contribution in [1.82, 2.24) is 10.3 Å². The second-order valence-electron chi connectivity index (χ2n) is 5.34. The number of carbonyl (C=O) groups excluding carboxylic acids is 2. The van der Waals surface area contributed by atoms with Gasteiger partial charge in [0.05, 0.1) is 12.0 Å². The zero-order valence-corrected chi connectivity index (χ0v) is 13.2. The first kappa shape index (κ1) is 18.1. The van der Waals surface area contributed by atoms with Gasteiger partial charge in [0.15, 0.2) is 0 Å². The van der Waals surface area contributed by atoms with E-state index in [0.29, 0.717) is 0 Å². The van der Waals surface area contributed by atoms with E-state index < -0.39 is 22.6 Å². The summed E-state index contributed by atoms with van der Waals surface area (Å²) in [5.74, 6) is -0.893. The van der Waals surface area contributed by atoms with Crippen LogP contribution in [0.5, 0.6) is 0 Å². The fourth-order valence-electron chi connectivity index (χ4n) is 1.48. The first-order valence-electron chi connectivity index (χ1n) is 6.53. The fourth-order valence-corrected chi connectivity index (χ4v) is 1.48. The third kappa shape index (κ3) is 5.73. The minimum atomic E-state index is -0.896. The zero-order chi connectivity index (χ0) is 17.6. The van der Waals surface area contributed by atoms with E-state index >= 15 is 0 Å². The lowest BCUT2D eigenvalue weighted by molar-refractivity contribution is -0.385. The van der Waals surface area contributed by atoms with Crippen LogP contribution in [0.1, 0.15) is 26.5 Å². The van der Waals surface area contributed by atoms with Crippen LogP contribution in [0.25, 0.3) is 6.08 Å². The van der Waals surface area contributed by atoms with E-state index in [1.54, 1.807) is 20.8 Å². The molecule has 1 rings (SSSR count). The summed E-state index contributed by atoms with van der Waals surface area (Å²) in [5.41, 5.74) is -1.53. The van der Waals surface area contributed by atoms with Crippen molar-refractivity contribution in [3.05, 3.63) is 39.8 Å². The molecule has 0 bridgehead atoms. The smallest absolute Gasteiger partial charge is 0.412 e. The maximum absolute atomic E-state index is 11.8. The molecule has 9 heteroatoms. The molecule has 0 aliphatic rings. The molecule has 0 aromatic carbocycles. The molecule has 0 unspecified atom stereocenters. The highest BCUT2D eigenvalue weighted by atomic mass is 16.6. The molecule has 1 amide bonds. The molecule has 0 fully saturated rings. The van der Waals surface area contributed by atoms with Crippen LogP contribution in [-0.2, 0) is 14.3 Å². The van der Waals surface area contributed by atoms with Gasteiger partial charge in [0.1, 0.15) is 17.0 Å². The highest BCUT2D eigenvalue weighted by molar-refractivity contribution is 5.97. The number of ether oxygens (including phenoxy) is 2. The number of pyridine rings is 1. The molecule has 1 aromatic heterocycles. The monoisotopic (exact) mass is 323 g/mol. The van der Waals surface area contributed by atoms with Crippen LogP contribution in [0.4, 0.5) is 10.5 Å². The molecule has 0 radical (unpaired) electrons. The molecule has 9 nitrogen and oxygen atoms in total. The summed E-state index contributed by atoms with van der Waals surface area (Å²) in [7, 11) is 1.11. The van der Waals surface area contributed by atoms with Gasteiger partial charge in [-0.15, -0.1) is 0 Å². The van der Waals surface area contributed by atoms with Crippen LogP contribution in [0.15, 0.2) is 24.0 Å². The summed E-state index contributed by atoms with van der Waals surface area (Å²) in [4.78, 5) is 37.6. The van der Waals surface area contributed by atoms with Gasteiger partial charge in [-0.25, -0.2) is 14.6 Å². The molecule has 0 atom stereocenters. The Bertz CT molecular complexity index is 648. The van der Waals surface area contributed by atoms with Crippen LogP contribution < -0.4 is 5.32 Å². The molecule has 1 heterocycles. The number of nitrogens with one attached hydrogen (secondary N) is 1. The van der Waals surface area contributed by atoms with Crippen LogP contribution in [-0.4, -0.2) is 34.7 Å². The van der Waals surface area contributed by atoms with Crippen molar-refractivity contribution in [2.24, 2.45) is 0 Å². The SMILES string of the molecule is COC(=O)/C(=C/c1ncccc1[N+](=O)[O-])NC(=O)OC(C)(C)C. The topological polar surface area (TPSA) is 121 Å².